The molecule has 0 heterocycles. The van der Waals surface area contributed by atoms with Gasteiger partial charge in [0, 0.05) is 12.1 Å². The lowest BCUT2D eigenvalue weighted by molar-refractivity contribution is 0.0276. The molecule has 0 aliphatic rings. The predicted molar refractivity (Wildman–Crippen MR) is 63.9 cm³/mol. The van der Waals surface area contributed by atoms with Gasteiger partial charge in [-0.05, 0) is 24.7 Å². The lowest BCUT2D eigenvalue weighted by Gasteiger charge is -2.43. The van der Waals surface area contributed by atoms with Crippen LogP contribution in [0.3, 0.4) is 0 Å². The van der Waals surface area contributed by atoms with Crippen molar-refractivity contribution in [3.63, 3.8) is 0 Å². The molecule has 0 bridgehead atoms. The molecule has 2 heteroatoms. The summed E-state index contributed by atoms with van der Waals surface area (Å²) in [5, 5.41) is 2.00. The molecule has 0 amide bonds. The van der Waals surface area contributed by atoms with Gasteiger partial charge in [0.25, 0.3) is 0 Å². The van der Waals surface area contributed by atoms with E-state index >= 15 is 0 Å². The highest BCUT2D eigenvalue weighted by Gasteiger charge is 2.32. The van der Waals surface area contributed by atoms with Crippen molar-refractivity contribution in [2.45, 2.75) is 67.5 Å². The van der Waals surface area contributed by atoms with Gasteiger partial charge in [-0.25, -0.2) is 5.01 Å². The summed E-state index contributed by atoms with van der Waals surface area (Å²) in [5.41, 5.74) is 0.461. The fourth-order valence-electron chi connectivity index (χ4n) is 1.23. The molecule has 2 nitrogen and oxygen atoms in total. The van der Waals surface area contributed by atoms with Crippen LogP contribution < -0.4 is 5.84 Å². The second kappa shape index (κ2) is 4.19. The van der Waals surface area contributed by atoms with Crippen molar-refractivity contribution in [3.05, 3.63) is 0 Å². The molecule has 0 saturated carbocycles. The second-order valence-electron chi connectivity index (χ2n) is 6.53. The van der Waals surface area contributed by atoms with E-state index in [0.717, 1.165) is 0 Å². The maximum atomic E-state index is 6.17. The maximum Gasteiger partial charge on any atom is 0.0264 e. The van der Waals surface area contributed by atoms with Crippen molar-refractivity contribution in [1.29, 1.82) is 0 Å². The van der Waals surface area contributed by atoms with E-state index in [0.29, 0.717) is 12.1 Å². The largest absolute Gasteiger partial charge is 0.268 e. The van der Waals surface area contributed by atoms with E-state index in [4.69, 9.17) is 5.84 Å². The topological polar surface area (TPSA) is 29.3 Å². The van der Waals surface area contributed by atoms with Crippen LogP contribution in [0.1, 0.15) is 55.4 Å². The summed E-state index contributed by atoms with van der Waals surface area (Å²) in [7, 11) is 0. The third-order valence-corrected chi connectivity index (χ3v) is 3.40. The summed E-state index contributed by atoms with van der Waals surface area (Å²) in [4.78, 5) is 0. The quantitative estimate of drug-likeness (QED) is 0.548. The zero-order valence-electron chi connectivity index (χ0n) is 11.2. The molecular weight excluding hydrogens is 172 g/mol. The highest BCUT2D eigenvalue weighted by Crippen LogP contribution is 2.29. The molecule has 2 atom stereocenters. The summed E-state index contributed by atoms with van der Waals surface area (Å²) >= 11 is 0. The average Bonchev–Trinajstić information content (AvgIpc) is 1.97. The van der Waals surface area contributed by atoms with Gasteiger partial charge < -0.3 is 0 Å². The lowest BCUT2D eigenvalue weighted by atomic mass is 9.82. The third kappa shape index (κ3) is 3.58. The SMILES string of the molecule is CC(N(N)C(C)C(C)(C)C)C(C)(C)C. The van der Waals surface area contributed by atoms with Gasteiger partial charge in [0.05, 0.1) is 0 Å². The number of nitrogens with two attached hydrogens (primary N) is 1. The molecule has 2 unspecified atom stereocenters. The first kappa shape index (κ1) is 13.9. The van der Waals surface area contributed by atoms with E-state index in [1.807, 2.05) is 5.01 Å². The molecule has 0 aromatic carbocycles. The van der Waals surface area contributed by atoms with E-state index in [1.54, 1.807) is 0 Å². The van der Waals surface area contributed by atoms with Crippen molar-refractivity contribution in [1.82, 2.24) is 5.01 Å². The predicted octanol–water partition coefficient (Wildman–Crippen LogP) is 3.03. The van der Waals surface area contributed by atoms with Crippen molar-refractivity contribution in [3.8, 4) is 0 Å². The van der Waals surface area contributed by atoms with Crippen molar-refractivity contribution in [2.75, 3.05) is 0 Å². The summed E-state index contributed by atoms with van der Waals surface area (Å²) in [5.74, 6) is 6.17. The van der Waals surface area contributed by atoms with Crippen LogP contribution in [-0.4, -0.2) is 17.1 Å². The van der Waals surface area contributed by atoms with Crippen LogP contribution in [-0.2, 0) is 0 Å². The number of hydrazine groups is 1. The lowest BCUT2D eigenvalue weighted by Crippen LogP contribution is -2.55. The molecule has 0 saturated heterocycles. The Morgan fingerprint density at radius 2 is 1.00 bits per heavy atom. The molecule has 0 aliphatic carbocycles. The summed E-state index contributed by atoms with van der Waals surface area (Å²) < 4.78 is 0. The molecule has 86 valence electrons. The Kier molecular flexibility index (Phi) is 4.17. The number of hydrogen-bond donors (Lipinski definition) is 1. The summed E-state index contributed by atoms with van der Waals surface area (Å²) in [6, 6.07) is 0.772. The van der Waals surface area contributed by atoms with Gasteiger partial charge in [-0.15, -0.1) is 0 Å². The van der Waals surface area contributed by atoms with Gasteiger partial charge in [0.15, 0.2) is 0 Å². The van der Waals surface area contributed by atoms with Crippen molar-refractivity contribution in [2.24, 2.45) is 16.7 Å². The number of hydrogen-bond acceptors (Lipinski definition) is 2. The minimum atomic E-state index is 0.230. The van der Waals surface area contributed by atoms with Gasteiger partial charge in [-0.2, -0.15) is 0 Å². The van der Waals surface area contributed by atoms with Crippen molar-refractivity contribution >= 4 is 0 Å². The van der Waals surface area contributed by atoms with Gasteiger partial charge in [-0.3, -0.25) is 5.84 Å². The van der Waals surface area contributed by atoms with E-state index < -0.39 is 0 Å². The Morgan fingerprint density at radius 3 is 1.14 bits per heavy atom. The molecule has 0 aromatic heterocycles. The smallest absolute Gasteiger partial charge is 0.0264 e. The third-order valence-electron chi connectivity index (χ3n) is 3.40. The van der Waals surface area contributed by atoms with E-state index in [-0.39, 0.29) is 10.8 Å². The first-order valence-electron chi connectivity index (χ1n) is 5.51. The highest BCUT2D eigenvalue weighted by molar-refractivity contribution is 4.84. The molecule has 0 rings (SSSR count). The normalized spacial score (nSPS) is 18.4. The van der Waals surface area contributed by atoms with Crippen molar-refractivity contribution < 1.29 is 0 Å². The monoisotopic (exact) mass is 200 g/mol. The Morgan fingerprint density at radius 1 is 0.786 bits per heavy atom. The first-order chi connectivity index (χ1) is 5.98. The second-order valence-corrected chi connectivity index (χ2v) is 6.53. The number of rotatable bonds is 2. The highest BCUT2D eigenvalue weighted by atomic mass is 15.4. The molecule has 0 aromatic rings. The standard InChI is InChI=1S/C12H28N2/c1-9(11(3,4)5)14(13)10(2)12(6,7)8/h9-10H,13H2,1-8H3. The Labute approximate surface area is 89.8 Å². The van der Waals surface area contributed by atoms with E-state index in [2.05, 4.69) is 55.4 Å². The van der Waals surface area contributed by atoms with Crippen LogP contribution in [0.25, 0.3) is 0 Å². The fraction of sp³-hybridized carbons (Fsp3) is 1.00. The minimum Gasteiger partial charge on any atom is -0.268 e. The van der Waals surface area contributed by atoms with Crippen LogP contribution in [0.5, 0.6) is 0 Å². The molecule has 0 spiro atoms. The van der Waals surface area contributed by atoms with Crippen LogP contribution >= 0.6 is 0 Å². The van der Waals surface area contributed by atoms with Crippen LogP contribution in [0.4, 0.5) is 0 Å². The maximum absolute atomic E-state index is 6.17. The van der Waals surface area contributed by atoms with E-state index in [9.17, 15) is 0 Å². The van der Waals surface area contributed by atoms with Crippen LogP contribution in [0, 0.1) is 10.8 Å². The first-order valence-corrected chi connectivity index (χ1v) is 5.51. The molecule has 0 radical (unpaired) electrons. The fourth-order valence-corrected chi connectivity index (χ4v) is 1.23. The Balaban J connectivity index is 4.56. The molecular formula is C12H28N2. The van der Waals surface area contributed by atoms with Gasteiger partial charge >= 0.3 is 0 Å². The van der Waals surface area contributed by atoms with Gasteiger partial charge in [0.1, 0.15) is 0 Å². The summed E-state index contributed by atoms with van der Waals surface area (Å²) in [6.07, 6.45) is 0. The van der Waals surface area contributed by atoms with Crippen LogP contribution in [0.2, 0.25) is 0 Å². The van der Waals surface area contributed by atoms with Crippen LogP contribution in [0.15, 0.2) is 0 Å². The van der Waals surface area contributed by atoms with E-state index in [1.165, 1.54) is 0 Å². The summed E-state index contributed by atoms with van der Waals surface area (Å²) in [6.45, 7) is 17.8. The molecule has 2 N–H and O–H groups in total. The Bertz CT molecular complexity index is 154. The van der Waals surface area contributed by atoms with Gasteiger partial charge in [0.2, 0.25) is 0 Å². The zero-order chi connectivity index (χ0) is 11.7. The van der Waals surface area contributed by atoms with Gasteiger partial charge in [-0.1, -0.05) is 41.5 Å². The zero-order valence-corrected chi connectivity index (χ0v) is 11.2. The minimum absolute atomic E-state index is 0.230. The molecule has 0 fully saturated rings. The molecule has 14 heavy (non-hydrogen) atoms. The molecule has 0 aliphatic heterocycles. The number of nitrogens with zero attached hydrogens (tertiary/aromatic N) is 1. The Hall–Kier alpha value is -0.0800. The average molecular weight is 200 g/mol.